The molecule has 3 nitrogen and oxygen atoms in total. The van der Waals surface area contributed by atoms with Gasteiger partial charge in [-0.3, -0.25) is 4.79 Å². The van der Waals surface area contributed by atoms with Crippen molar-refractivity contribution in [3.8, 4) is 0 Å². The molecule has 0 aromatic rings. The van der Waals surface area contributed by atoms with Gasteiger partial charge in [0.2, 0.25) is 5.91 Å². The summed E-state index contributed by atoms with van der Waals surface area (Å²) in [4.78, 5) is 14.8. The van der Waals surface area contributed by atoms with Crippen LogP contribution in [-0.4, -0.2) is 34.6 Å². The maximum atomic E-state index is 12.8. The third-order valence-electron chi connectivity index (χ3n) is 7.73. The number of allylic oxidation sites excluding steroid dienone is 1. The summed E-state index contributed by atoms with van der Waals surface area (Å²) in [5.74, 6) is 1.69. The second-order valence-corrected chi connectivity index (χ2v) is 10.3. The Hall–Kier alpha value is -0.830. The van der Waals surface area contributed by atoms with Gasteiger partial charge in [0.15, 0.2) is 0 Å². The molecule has 0 spiro atoms. The van der Waals surface area contributed by atoms with Gasteiger partial charge in [-0.1, -0.05) is 25.3 Å². The largest absolute Gasteiger partial charge is 0.390 e. The second kappa shape index (κ2) is 8.68. The Balaban J connectivity index is 1.59. The zero-order chi connectivity index (χ0) is 19.5. The predicted octanol–water partition coefficient (Wildman–Crippen LogP) is 5.47. The number of piperidine rings is 1. The van der Waals surface area contributed by atoms with Gasteiger partial charge in [-0.05, 0) is 95.3 Å². The van der Waals surface area contributed by atoms with Gasteiger partial charge in [0.05, 0.1) is 5.60 Å². The number of carbonyl (C=O) groups excluding carboxylic acids is 1. The minimum atomic E-state index is -0.530. The van der Waals surface area contributed by atoms with Crippen molar-refractivity contribution in [3.05, 3.63) is 11.6 Å². The number of amides is 1. The number of fused-ring (bicyclic) bond motifs is 1. The molecule has 2 saturated carbocycles. The molecule has 1 saturated heterocycles. The van der Waals surface area contributed by atoms with Crippen LogP contribution in [0.4, 0.5) is 0 Å². The number of nitrogens with zero attached hydrogens (tertiary/aromatic N) is 1. The molecule has 0 bridgehead atoms. The minimum absolute atomic E-state index is 0.280. The highest BCUT2D eigenvalue weighted by Crippen LogP contribution is 2.58. The highest BCUT2D eigenvalue weighted by Gasteiger charge is 2.48. The van der Waals surface area contributed by atoms with Crippen molar-refractivity contribution in [3.63, 3.8) is 0 Å². The molecule has 1 heterocycles. The Morgan fingerprint density at radius 3 is 2.63 bits per heavy atom. The summed E-state index contributed by atoms with van der Waals surface area (Å²) in [6.45, 7) is 8.24. The topological polar surface area (TPSA) is 40.5 Å². The molecule has 3 aliphatic rings. The van der Waals surface area contributed by atoms with Crippen LogP contribution in [0.5, 0.6) is 0 Å². The van der Waals surface area contributed by atoms with E-state index in [9.17, 15) is 9.90 Å². The number of hydrogen-bond donors (Lipinski definition) is 1. The predicted molar refractivity (Wildman–Crippen MR) is 111 cm³/mol. The number of aliphatic hydroxyl groups is 1. The van der Waals surface area contributed by atoms with Gasteiger partial charge in [-0.25, -0.2) is 0 Å². The van der Waals surface area contributed by atoms with Gasteiger partial charge in [0, 0.05) is 19.2 Å². The van der Waals surface area contributed by atoms with Crippen LogP contribution in [0.15, 0.2) is 11.6 Å². The van der Waals surface area contributed by atoms with E-state index in [1.54, 1.807) is 0 Å². The molecule has 3 rings (SSSR count). The van der Waals surface area contributed by atoms with Gasteiger partial charge >= 0.3 is 0 Å². The summed E-state index contributed by atoms with van der Waals surface area (Å²) in [5.41, 5.74) is 1.32. The SMILES string of the molecule is CC(C)(O)CCCCC1CCC2/C(=C/C(=O)N3CCCCC3)CCCC12C. The van der Waals surface area contributed by atoms with Crippen molar-refractivity contribution in [2.24, 2.45) is 17.3 Å². The molecule has 3 atom stereocenters. The van der Waals surface area contributed by atoms with Crippen molar-refractivity contribution in [2.45, 2.75) is 103 Å². The molecule has 27 heavy (non-hydrogen) atoms. The zero-order valence-electron chi connectivity index (χ0n) is 17.9. The molecule has 1 N–H and O–H groups in total. The summed E-state index contributed by atoms with van der Waals surface area (Å²) in [7, 11) is 0. The van der Waals surface area contributed by atoms with E-state index in [0.717, 1.165) is 38.3 Å². The third kappa shape index (κ3) is 5.16. The van der Waals surface area contributed by atoms with Gasteiger partial charge in [0.25, 0.3) is 0 Å². The summed E-state index contributed by atoms with van der Waals surface area (Å²) >= 11 is 0. The Morgan fingerprint density at radius 2 is 1.93 bits per heavy atom. The molecule has 154 valence electrons. The first-order chi connectivity index (χ1) is 12.8. The van der Waals surface area contributed by atoms with Crippen LogP contribution in [-0.2, 0) is 4.79 Å². The third-order valence-corrected chi connectivity index (χ3v) is 7.73. The fraction of sp³-hybridized carbons (Fsp3) is 0.875. The first-order valence-corrected chi connectivity index (χ1v) is 11.5. The molecule has 3 unspecified atom stereocenters. The lowest BCUT2D eigenvalue weighted by atomic mass is 9.62. The number of hydrogen-bond acceptors (Lipinski definition) is 2. The highest BCUT2D eigenvalue weighted by atomic mass is 16.3. The second-order valence-electron chi connectivity index (χ2n) is 10.3. The first kappa shape index (κ1) is 20.9. The highest BCUT2D eigenvalue weighted by molar-refractivity contribution is 5.88. The van der Waals surface area contributed by atoms with Gasteiger partial charge < -0.3 is 10.0 Å². The first-order valence-electron chi connectivity index (χ1n) is 11.5. The van der Waals surface area contributed by atoms with Crippen molar-refractivity contribution in [1.29, 1.82) is 0 Å². The van der Waals surface area contributed by atoms with Crippen LogP contribution in [0.25, 0.3) is 0 Å². The Kier molecular flexibility index (Phi) is 6.71. The molecule has 3 heteroatoms. The van der Waals surface area contributed by atoms with E-state index in [1.165, 1.54) is 63.4 Å². The molecule has 0 radical (unpaired) electrons. The molecular formula is C24H41NO2. The van der Waals surface area contributed by atoms with Crippen LogP contribution in [0.1, 0.15) is 97.8 Å². The summed E-state index contributed by atoms with van der Waals surface area (Å²) < 4.78 is 0. The van der Waals surface area contributed by atoms with E-state index in [4.69, 9.17) is 0 Å². The number of rotatable bonds is 6. The van der Waals surface area contributed by atoms with Crippen LogP contribution in [0.3, 0.4) is 0 Å². The smallest absolute Gasteiger partial charge is 0.246 e. The maximum absolute atomic E-state index is 12.8. The zero-order valence-corrected chi connectivity index (χ0v) is 17.9. The fourth-order valence-corrected chi connectivity index (χ4v) is 6.11. The lowest BCUT2D eigenvalue weighted by Crippen LogP contribution is -2.36. The monoisotopic (exact) mass is 375 g/mol. The van der Waals surface area contributed by atoms with Gasteiger partial charge in [-0.2, -0.15) is 0 Å². The average Bonchev–Trinajstić information content (AvgIpc) is 2.96. The minimum Gasteiger partial charge on any atom is -0.390 e. The fourth-order valence-electron chi connectivity index (χ4n) is 6.11. The molecule has 1 aliphatic heterocycles. The lowest BCUT2D eigenvalue weighted by Gasteiger charge is -2.42. The molecule has 1 amide bonds. The Morgan fingerprint density at radius 1 is 1.19 bits per heavy atom. The molecular weight excluding hydrogens is 334 g/mol. The summed E-state index contributed by atoms with van der Waals surface area (Å²) in [6.07, 6.45) is 16.5. The summed E-state index contributed by atoms with van der Waals surface area (Å²) in [6, 6.07) is 0. The molecule has 0 aromatic carbocycles. The van der Waals surface area contributed by atoms with Crippen LogP contribution >= 0.6 is 0 Å². The standard InChI is InChI=1S/C24H41NO2/c1-23(2,27)14-6-5-11-20-12-13-21-19(10-9-15-24(20,21)3)18-22(26)25-16-7-4-8-17-25/h18,20-21,27H,4-17H2,1-3H3/b19-18+. The van der Waals surface area contributed by atoms with E-state index < -0.39 is 5.60 Å². The average molecular weight is 376 g/mol. The van der Waals surface area contributed by atoms with Crippen LogP contribution in [0.2, 0.25) is 0 Å². The van der Waals surface area contributed by atoms with Crippen molar-refractivity contribution in [2.75, 3.05) is 13.1 Å². The van der Waals surface area contributed by atoms with E-state index >= 15 is 0 Å². The van der Waals surface area contributed by atoms with Crippen LogP contribution in [0, 0.1) is 17.3 Å². The lowest BCUT2D eigenvalue weighted by molar-refractivity contribution is -0.127. The van der Waals surface area contributed by atoms with E-state index in [-0.39, 0.29) is 5.91 Å². The normalized spacial score (nSPS) is 33.3. The number of likely N-dealkylation sites (tertiary alicyclic amines) is 1. The van der Waals surface area contributed by atoms with Gasteiger partial charge in [-0.15, -0.1) is 0 Å². The molecule has 2 aliphatic carbocycles. The molecule has 0 aromatic heterocycles. The van der Waals surface area contributed by atoms with Crippen molar-refractivity contribution < 1.29 is 9.90 Å². The van der Waals surface area contributed by atoms with Gasteiger partial charge in [0.1, 0.15) is 0 Å². The number of carbonyl (C=O) groups is 1. The number of unbranched alkanes of at least 4 members (excludes halogenated alkanes) is 1. The molecule has 3 fully saturated rings. The summed E-state index contributed by atoms with van der Waals surface area (Å²) in [5, 5.41) is 9.93. The van der Waals surface area contributed by atoms with Crippen molar-refractivity contribution in [1.82, 2.24) is 4.90 Å². The van der Waals surface area contributed by atoms with E-state index in [2.05, 4.69) is 11.8 Å². The quantitative estimate of drug-likeness (QED) is 0.494. The maximum Gasteiger partial charge on any atom is 0.246 e. The van der Waals surface area contributed by atoms with Crippen molar-refractivity contribution >= 4 is 5.91 Å². The van der Waals surface area contributed by atoms with E-state index in [0.29, 0.717) is 11.3 Å². The van der Waals surface area contributed by atoms with Crippen LogP contribution < -0.4 is 0 Å². The van der Waals surface area contributed by atoms with E-state index in [1.807, 2.05) is 19.9 Å². The Bertz CT molecular complexity index is 541. The Labute approximate surface area is 166 Å².